The van der Waals surface area contributed by atoms with Crippen molar-refractivity contribution in [1.82, 2.24) is 38.2 Å². The molecule has 11 heteroatoms. The first-order valence-corrected chi connectivity index (χ1v) is 29.1. The van der Waals surface area contributed by atoms with Crippen LogP contribution in [0.5, 0.6) is 0 Å². The van der Waals surface area contributed by atoms with Gasteiger partial charge in [-0.15, -0.1) is 23.6 Å². The summed E-state index contributed by atoms with van der Waals surface area (Å²) in [5.74, 6) is 2.09. The van der Waals surface area contributed by atoms with Gasteiger partial charge in [0.1, 0.15) is 5.82 Å². The average Bonchev–Trinajstić information content (AvgIpc) is 1.66. The first kappa shape index (κ1) is 54.4. The molecule has 0 aliphatic heterocycles. The Balaban J connectivity index is 0.00000653. The van der Waals surface area contributed by atoms with Crippen molar-refractivity contribution < 1.29 is 25.6 Å². The molecule has 0 radical (unpaired) electrons. The maximum atomic E-state index is 5.67. The molecule has 0 saturated heterocycles. The summed E-state index contributed by atoms with van der Waals surface area (Å²) in [4.78, 5) is 24.0. The summed E-state index contributed by atoms with van der Waals surface area (Å²) in [6.45, 7) is 20.4. The molecule has 6 aromatic heterocycles. The molecule has 0 bridgehead atoms. The molecule has 15 aromatic rings. The molecule has 0 fully saturated rings. The van der Waals surface area contributed by atoms with Crippen LogP contribution in [0.3, 0.4) is 0 Å². The van der Waals surface area contributed by atoms with Crippen LogP contribution < -0.4 is 9.47 Å². The molecule has 0 saturated carbocycles. The fraction of sp³-hybridized carbons (Fsp3) is 0.160. The van der Waals surface area contributed by atoms with E-state index in [-0.39, 0.29) is 37.3 Å². The number of hydrogen-bond acceptors (Lipinski definition) is 5. The number of fused-ring (bicyclic) bond motifs is 10. The molecule has 0 amide bonds. The molecule has 6 heterocycles. The molecule has 0 spiro atoms. The van der Waals surface area contributed by atoms with Crippen LogP contribution in [0.2, 0.25) is 0 Å². The van der Waals surface area contributed by atoms with E-state index in [9.17, 15) is 0 Å². The van der Waals surface area contributed by atoms with Crippen LogP contribution in [0, 0.1) is 18.5 Å². The Bertz CT molecular complexity index is 4900. The number of rotatable bonds is 8. The SMILES string of the molecule is CC(C)(C)c1cc(-[n+]2[c-]n(-c3[c-]c(N(c4[c-]c5c(cc4)c4ccccc4n5-c4cc(C(C)(C)C)ccn4)c4nc(-n5c6ccccc6c6ccccc65)nc(-n5c6ccccc6c6ccccc65)n4)ccc3)c3ccccc32)cc(C(C)(C)C)c1.[Pt]. The summed E-state index contributed by atoms with van der Waals surface area (Å²) in [6, 6.07) is 80.8. The predicted molar refractivity (Wildman–Crippen MR) is 346 cm³/mol. The van der Waals surface area contributed by atoms with E-state index in [1.54, 1.807) is 0 Å². The first-order chi connectivity index (χ1) is 41.0. The van der Waals surface area contributed by atoms with Gasteiger partial charge < -0.3 is 14.0 Å². The molecule has 0 unspecified atom stereocenters. The van der Waals surface area contributed by atoms with Crippen molar-refractivity contribution in [3.8, 4) is 29.1 Å². The summed E-state index contributed by atoms with van der Waals surface area (Å²) >= 11 is 0. The maximum Gasteiger partial charge on any atom is 0.268 e. The second kappa shape index (κ2) is 20.3. The van der Waals surface area contributed by atoms with Gasteiger partial charge in [-0.25, -0.2) is 4.98 Å². The molecule has 86 heavy (non-hydrogen) atoms. The van der Waals surface area contributed by atoms with E-state index in [1.165, 1.54) is 16.7 Å². The summed E-state index contributed by atoms with van der Waals surface area (Å²) in [5, 5.41) is 6.52. The second-order valence-electron chi connectivity index (χ2n) is 25.4. The zero-order valence-corrected chi connectivity index (χ0v) is 51.8. The third kappa shape index (κ3) is 9.00. The minimum absolute atomic E-state index is 0. The zero-order chi connectivity index (χ0) is 58.1. The van der Waals surface area contributed by atoms with E-state index >= 15 is 0 Å². The van der Waals surface area contributed by atoms with Gasteiger partial charge in [0, 0.05) is 54.3 Å². The predicted octanol–water partition coefficient (Wildman–Crippen LogP) is 17.5. The molecule has 15 rings (SSSR count). The van der Waals surface area contributed by atoms with E-state index in [4.69, 9.17) is 19.9 Å². The average molecular weight is 1300 g/mol. The third-order valence-electron chi connectivity index (χ3n) is 16.7. The minimum atomic E-state index is -0.114. The standard InChI is InChI=1S/C75H62N10.Pt/c1-73(2,3)48-39-40-76-69(44-48)83-61-30-15-10-29-59(61)60-38-37-53(46-68(60)83)82(52-24-22-23-51(45-52)80-47-81(67-36-21-20-35-66(67)80)54-42-49(74(4,5)6)41-50(43-54)75(7,8)9)70-77-71(84-62-31-16-11-25-55(62)56-26-12-17-32-63(56)84)79-72(78-70)85-64-33-18-13-27-57(64)58-28-14-19-34-65(58)85;/h10-44H,1-9H3;/q-2;. The van der Waals surface area contributed by atoms with Crippen LogP contribution in [0.15, 0.2) is 212 Å². The van der Waals surface area contributed by atoms with Crippen molar-refractivity contribution in [2.24, 2.45) is 0 Å². The number of nitrogens with zero attached hydrogens (tertiary/aromatic N) is 10. The number of para-hydroxylation sites is 7. The second-order valence-corrected chi connectivity index (χ2v) is 25.4. The molecule has 424 valence electrons. The van der Waals surface area contributed by atoms with Crippen molar-refractivity contribution >= 4 is 93.8 Å². The number of benzene rings is 9. The van der Waals surface area contributed by atoms with E-state index in [1.807, 2.05) is 6.20 Å². The van der Waals surface area contributed by atoms with E-state index in [0.29, 0.717) is 29.2 Å². The quantitative estimate of drug-likeness (QED) is 0.112. The van der Waals surface area contributed by atoms with Crippen LogP contribution in [-0.4, -0.2) is 38.2 Å². The fourth-order valence-electron chi connectivity index (χ4n) is 12.3. The van der Waals surface area contributed by atoms with Gasteiger partial charge in [0.25, 0.3) is 6.33 Å². The number of anilines is 3. The normalized spacial score (nSPS) is 12.4. The van der Waals surface area contributed by atoms with Crippen LogP contribution in [0.4, 0.5) is 17.3 Å². The number of imidazole rings is 1. The molecular formula is C75H62N10Pt-2. The van der Waals surface area contributed by atoms with Gasteiger partial charge >= 0.3 is 0 Å². The smallest absolute Gasteiger partial charge is 0.268 e. The Morgan fingerprint density at radius 2 is 0.872 bits per heavy atom. The zero-order valence-electron chi connectivity index (χ0n) is 49.5. The summed E-state index contributed by atoms with van der Waals surface area (Å²) < 4.78 is 10.9. The Morgan fingerprint density at radius 1 is 0.407 bits per heavy atom. The van der Waals surface area contributed by atoms with Crippen molar-refractivity contribution in [1.29, 1.82) is 0 Å². The molecule has 10 nitrogen and oxygen atoms in total. The Hall–Kier alpha value is -9.50. The summed E-state index contributed by atoms with van der Waals surface area (Å²) in [5.41, 5.74) is 14.4. The fourth-order valence-corrected chi connectivity index (χ4v) is 12.3. The Morgan fingerprint density at radius 3 is 1.40 bits per heavy atom. The van der Waals surface area contributed by atoms with Crippen molar-refractivity contribution in [2.75, 3.05) is 4.90 Å². The Labute approximate surface area is 514 Å². The molecular weight excluding hydrogens is 1240 g/mol. The molecule has 9 aromatic carbocycles. The number of pyridine rings is 1. The largest absolute Gasteiger partial charge is 0.328 e. The van der Waals surface area contributed by atoms with E-state index in [2.05, 4.69) is 315 Å². The molecule has 0 aliphatic carbocycles. The third-order valence-corrected chi connectivity index (χ3v) is 16.7. The van der Waals surface area contributed by atoms with Gasteiger partial charge in [0.15, 0.2) is 0 Å². The number of aromatic nitrogens is 9. The van der Waals surface area contributed by atoms with Gasteiger partial charge in [-0.2, -0.15) is 39.2 Å². The van der Waals surface area contributed by atoms with Crippen molar-refractivity contribution in [3.05, 3.63) is 248 Å². The molecule has 0 aliphatic rings. The summed E-state index contributed by atoms with van der Waals surface area (Å²) in [6.07, 6.45) is 5.76. The topological polar surface area (TPSA) is 78.4 Å². The van der Waals surface area contributed by atoms with Crippen LogP contribution in [0.25, 0.3) is 106 Å². The monoisotopic (exact) mass is 1300 g/mol. The van der Waals surface area contributed by atoms with Crippen LogP contribution >= 0.6 is 0 Å². The van der Waals surface area contributed by atoms with Gasteiger partial charge in [0.2, 0.25) is 17.8 Å². The van der Waals surface area contributed by atoms with Gasteiger partial charge in [-0.05, 0) is 98.6 Å². The first-order valence-electron chi connectivity index (χ1n) is 29.1. The van der Waals surface area contributed by atoms with Crippen molar-refractivity contribution in [2.45, 2.75) is 78.6 Å². The molecule has 0 atom stereocenters. The summed E-state index contributed by atoms with van der Waals surface area (Å²) in [7, 11) is 0. The van der Waals surface area contributed by atoms with Gasteiger partial charge in [-0.1, -0.05) is 201 Å². The van der Waals surface area contributed by atoms with Gasteiger partial charge in [0.05, 0.1) is 38.8 Å². The minimum Gasteiger partial charge on any atom is -0.328 e. The maximum absolute atomic E-state index is 5.67. The Kier molecular flexibility index (Phi) is 12.9. The van der Waals surface area contributed by atoms with Crippen LogP contribution in [0.1, 0.15) is 79.0 Å². The van der Waals surface area contributed by atoms with Crippen LogP contribution in [-0.2, 0) is 37.3 Å². The van der Waals surface area contributed by atoms with E-state index < -0.39 is 0 Å². The van der Waals surface area contributed by atoms with Crippen molar-refractivity contribution in [3.63, 3.8) is 0 Å². The molecule has 0 N–H and O–H groups in total. The van der Waals surface area contributed by atoms with E-state index in [0.717, 1.165) is 93.6 Å². The number of hydrogen-bond donors (Lipinski definition) is 0. The van der Waals surface area contributed by atoms with Gasteiger partial charge in [-0.3, -0.25) is 13.7 Å².